The van der Waals surface area contributed by atoms with Gasteiger partial charge in [0.25, 0.3) is 0 Å². The molecule has 3 nitrogen and oxygen atoms in total. The number of ether oxygens (including phenoxy) is 1. The third-order valence-corrected chi connectivity index (χ3v) is 2.12. The Morgan fingerprint density at radius 1 is 1.50 bits per heavy atom. The second-order valence-corrected chi connectivity index (χ2v) is 3.10. The zero-order chi connectivity index (χ0) is 8.60. The van der Waals surface area contributed by atoms with Crippen LogP contribution in [0.4, 0.5) is 0 Å². The molecule has 0 aromatic carbocycles. The van der Waals surface area contributed by atoms with Crippen LogP contribution < -0.4 is 0 Å². The maximum absolute atomic E-state index is 8.91. The average molecular weight is 163 g/mol. The first-order valence-electron chi connectivity index (χ1n) is 3.83. The van der Waals surface area contributed by atoms with E-state index in [0.29, 0.717) is 13.2 Å². The van der Waals surface area contributed by atoms with E-state index in [1.165, 1.54) is 0 Å². The second-order valence-electron chi connectivity index (χ2n) is 3.10. The molecule has 1 fully saturated rings. The summed E-state index contributed by atoms with van der Waals surface area (Å²) < 4.78 is 10.4. The summed E-state index contributed by atoms with van der Waals surface area (Å²) in [6, 6.07) is 5.94. The molecule has 1 aliphatic heterocycles. The Labute approximate surface area is 70.6 Å². The standard InChI is InChI=1S/C9H9NO2/c1-7-2-3-8(12-7)9(4-10)5-11-6-9/h2-3H,5-6H2,1H3. The topological polar surface area (TPSA) is 46.2 Å². The SMILES string of the molecule is Cc1ccc(C2(C#N)COC2)o1. The lowest BCUT2D eigenvalue weighted by atomic mass is 9.85. The van der Waals surface area contributed by atoms with Crippen molar-refractivity contribution >= 4 is 0 Å². The molecule has 1 aromatic rings. The third kappa shape index (κ3) is 0.853. The van der Waals surface area contributed by atoms with Gasteiger partial charge >= 0.3 is 0 Å². The summed E-state index contributed by atoms with van der Waals surface area (Å²) in [6.45, 7) is 2.78. The van der Waals surface area contributed by atoms with Crippen LogP contribution in [-0.2, 0) is 10.2 Å². The number of furan rings is 1. The van der Waals surface area contributed by atoms with Crippen LogP contribution in [0.1, 0.15) is 11.5 Å². The van der Waals surface area contributed by atoms with Gasteiger partial charge in [0.15, 0.2) is 5.41 Å². The first kappa shape index (κ1) is 7.38. The molecule has 1 aromatic heterocycles. The Bertz CT molecular complexity index is 331. The molecule has 0 radical (unpaired) electrons. The molecule has 0 aliphatic carbocycles. The normalized spacial score (nSPS) is 19.7. The number of nitrogens with zero attached hydrogens (tertiary/aromatic N) is 1. The Balaban J connectivity index is 2.35. The van der Waals surface area contributed by atoms with Crippen molar-refractivity contribution in [2.24, 2.45) is 0 Å². The van der Waals surface area contributed by atoms with E-state index < -0.39 is 5.41 Å². The van der Waals surface area contributed by atoms with Gasteiger partial charge in [0.1, 0.15) is 11.5 Å². The van der Waals surface area contributed by atoms with Crippen molar-refractivity contribution < 1.29 is 9.15 Å². The van der Waals surface area contributed by atoms with Gasteiger partial charge < -0.3 is 9.15 Å². The zero-order valence-electron chi connectivity index (χ0n) is 6.83. The van der Waals surface area contributed by atoms with Crippen molar-refractivity contribution in [2.75, 3.05) is 13.2 Å². The van der Waals surface area contributed by atoms with E-state index in [0.717, 1.165) is 11.5 Å². The second kappa shape index (κ2) is 2.36. The third-order valence-electron chi connectivity index (χ3n) is 2.12. The molecule has 0 spiro atoms. The largest absolute Gasteiger partial charge is 0.464 e. The molecule has 0 bridgehead atoms. The van der Waals surface area contributed by atoms with Crippen molar-refractivity contribution in [3.05, 3.63) is 23.7 Å². The fourth-order valence-corrected chi connectivity index (χ4v) is 1.26. The molecule has 2 rings (SSSR count). The van der Waals surface area contributed by atoms with Crippen LogP contribution in [0.5, 0.6) is 0 Å². The fourth-order valence-electron chi connectivity index (χ4n) is 1.26. The van der Waals surface area contributed by atoms with E-state index in [4.69, 9.17) is 14.4 Å². The maximum Gasteiger partial charge on any atom is 0.161 e. The summed E-state index contributed by atoms with van der Waals surface area (Å²) in [4.78, 5) is 0. The minimum absolute atomic E-state index is 0.455. The summed E-state index contributed by atoms with van der Waals surface area (Å²) >= 11 is 0. The minimum atomic E-state index is -0.506. The Kier molecular flexibility index (Phi) is 1.45. The molecule has 12 heavy (non-hydrogen) atoms. The molecule has 1 aliphatic rings. The van der Waals surface area contributed by atoms with Crippen LogP contribution in [0.3, 0.4) is 0 Å². The van der Waals surface area contributed by atoms with E-state index >= 15 is 0 Å². The van der Waals surface area contributed by atoms with Crippen LogP contribution in [-0.4, -0.2) is 13.2 Å². The molecule has 0 amide bonds. The highest BCUT2D eigenvalue weighted by Gasteiger charge is 2.43. The van der Waals surface area contributed by atoms with Crippen LogP contribution in [0.15, 0.2) is 16.5 Å². The van der Waals surface area contributed by atoms with Gasteiger partial charge in [0.2, 0.25) is 0 Å². The first-order chi connectivity index (χ1) is 5.77. The van der Waals surface area contributed by atoms with Gasteiger partial charge in [-0.3, -0.25) is 0 Å². The van der Waals surface area contributed by atoms with Crippen LogP contribution in [0.2, 0.25) is 0 Å². The Morgan fingerprint density at radius 2 is 2.25 bits per heavy atom. The van der Waals surface area contributed by atoms with Gasteiger partial charge in [-0.25, -0.2) is 0 Å². The van der Waals surface area contributed by atoms with Crippen LogP contribution >= 0.6 is 0 Å². The zero-order valence-corrected chi connectivity index (χ0v) is 6.83. The maximum atomic E-state index is 8.91. The monoisotopic (exact) mass is 163 g/mol. The van der Waals surface area contributed by atoms with Gasteiger partial charge in [0.05, 0.1) is 19.3 Å². The molecule has 2 heterocycles. The first-order valence-corrected chi connectivity index (χ1v) is 3.83. The van der Waals surface area contributed by atoms with Gasteiger partial charge in [-0.2, -0.15) is 5.26 Å². The smallest absolute Gasteiger partial charge is 0.161 e. The fraction of sp³-hybridized carbons (Fsp3) is 0.444. The lowest BCUT2D eigenvalue weighted by Gasteiger charge is -2.32. The summed E-state index contributed by atoms with van der Waals surface area (Å²) in [5.41, 5.74) is -0.506. The van der Waals surface area contributed by atoms with Gasteiger partial charge in [0, 0.05) is 0 Å². The number of hydrogen-bond donors (Lipinski definition) is 0. The predicted octanol–water partition coefficient (Wildman–Crippen LogP) is 1.38. The van der Waals surface area contributed by atoms with E-state index in [1.54, 1.807) is 0 Å². The molecular formula is C9H9NO2. The van der Waals surface area contributed by atoms with Crippen molar-refractivity contribution in [1.82, 2.24) is 0 Å². The molecule has 62 valence electrons. The highest BCUT2D eigenvalue weighted by molar-refractivity contribution is 5.28. The molecule has 3 heteroatoms. The molecule has 0 atom stereocenters. The van der Waals surface area contributed by atoms with Crippen molar-refractivity contribution in [2.45, 2.75) is 12.3 Å². The summed E-state index contributed by atoms with van der Waals surface area (Å²) in [5.74, 6) is 1.57. The van der Waals surface area contributed by atoms with E-state index in [9.17, 15) is 0 Å². The lowest BCUT2D eigenvalue weighted by molar-refractivity contribution is -0.0395. The van der Waals surface area contributed by atoms with Crippen molar-refractivity contribution in [3.8, 4) is 6.07 Å². The molecule has 0 N–H and O–H groups in total. The average Bonchev–Trinajstić information content (AvgIpc) is 2.35. The highest BCUT2D eigenvalue weighted by atomic mass is 16.5. The van der Waals surface area contributed by atoms with Gasteiger partial charge in [-0.15, -0.1) is 0 Å². The van der Waals surface area contributed by atoms with E-state index in [-0.39, 0.29) is 0 Å². The van der Waals surface area contributed by atoms with E-state index in [1.807, 2.05) is 19.1 Å². The summed E-state index contributed by atoms with van der Waals surface area (Å²) in [6.07, 6.45) is 0. The van der Waals surface area contributed by atoms with Gasteiger partial charge in [-0.1, -0.05) is 0 Å². The van der Waals surface area contributed by atoms with Gasteiger partial charge in [-0.05, 0) is 19.1 Å². The number of aryl methyl sites for hydroxylation is 1. The number of nitriles is 1. The predicted molar refractivity (Wildman–Crippen MR) is 41.6 cm³/mol. The van der Waals surface area contributed by atoms with Crippen molar-refractivity contribution in [3.63, 3.8) is 0 Å². The van der Waals surface area contributed by atoms with Crippen LogP contribution in [0.25, 0.3) is 0 Å². The Hall–Kier alpha value is -1.27. The summed E-state index contributed by atoms with van der Waals surface area (Å²) in [5, 5.41) is 8.91. The van der Waals surface area contributed by atoms with Crippen molar-refractivity contribution in [1.29, 1.82) is 5.26 Å². The number of hydrogen-bond acceptors (Lipinski definition) is 3. The summed E-state index contributed by atoms with van der Waals surface area (Å²) in [7, 11) is 0. The highest BCUT2D eigenvalue weighted by Crippen LogP contribution is 2.32. The molecule has 0 saturated carbocycles. The molecule has 0 unspecified atom stereocenters. The van der Waals surface area contributed by atoms with Crippen LogP contribution in [0, 0.1) is 18.3 Å². The van der Waals surface area contributed by atoms with E-state index in [2.05, 4.69) is 6.07 Å². The molecule has 1 saturated heterocycles. The minimum Gasteiger partial charge on any atom is -0.464 e. The quantitative estimate of drug-likeness (QED) is 0.628. The molecular weight excluding hydrogens is 154 g/mol. The lowest BCUT2D eigenvalue weighted by Crippen LogP contribution is -2.45. The number of rotatable bonds is 1. The Morgan fingerprint density at radius 3 is 2.58 bits per heavy atom.